The summed E-state index contributed by atoms with van der Waals surface area (Å²) in [6.45, 7) is 0.407. The highest BCUT2D eigenvalue weighted by Gasteiger charge is 2.34. The normalized spacial score (nSPS) is 24.3. The molecule has 8 nitrogen and oxygen atoms in total. The number of carboxylic acids is 1. The highest BCUT2D eigenvalue weighted by Crippen LogP contribution is 2.12. The van der Waals surface area contributed by atoms with Crippen molar-refractivity contribution in [3.05, 3.63) is 0 Å². The highest BCUT2D eigenvalue weighted by molar-refractivity contribution is 5.88. The Morgan fingerprint density at radius 2 is 2.17 bits per heavy atom. The Morgan fingerprint density at radius 1 is 1.50 bits per heavy atom. The highest BCUT2D eigenvalue weighted by atomic mass is 16.5. The zero-order valence-electron chi connectivity index (χ0n) is 9.92. The van der Waals surface area contributed by atoms with Gasteiger partial charge in [-0.15, -0.1) is 0 Å². The Labute approximate surface area is 103 Å². The van der Waals surface area contributed by atoms with Gasteiger partial charge in [-0.2, -0.15) is 0 Å². The molecule has 0 saturated carbocycles. The molecule has 102 valence electrons. The van der Waals surface area contributed by atoms with Gasteiger partial charge in [-0.25, -0.2) is 4.79 Å². The molecule has 3 atom stereocenters. The van der Waals surface area contributed by atoms with Crippen molar-refractivity contribution in [3.8, 4) is 0 Å². The van der Waals surface area contributed by atoms with E-state index in [1.165, 1.54) is 0 Å². The van der Waals surface area contributed by atoms with Gasteiger partial charge in [0.2, 0.25) is 5.91 Å². The summed E-state index contributed by atoms with van der Waals surface area (Å²) in [5.41, 5.74) is 5.63. The first kappa shape index (κ1) is 14.4. The summed E-state index contributed by atoms with van der Waals surface area (Å²) >= 11 is 0. The van der Waals surface area contributed by atoms with E-state index in [9.17, 15) is 14.4 Å². The Hall–Kier alpha value is -1.67. The van der Waals surface area contributed by atoms with Gasteiger partial charge in [-0.1, -0.05) is 0 Å². The number of ether oxygens (including phenoxy) is 2. The van der Waals surface area contributed by atoms with E-state index in [4.69, 9.17) is 15.6 Å². The van der Waals surface area contributed by atoms with Crippen LogP contribution in [0.1, 0.15) is 6.42 Å². The number of aliphatic carboxylic acids is 1. The smallest absolute Gasteiger partial charge is 0.326 e. The largest absolute Gasteiger partial charge is 0.480 e. The number of carbonyl (C=O) groups is 3. The van der Waals surface area contributed by atoms with Crippen molar-refractivity contribution in [2.75, 3.05) is 20.3 Å². The summed E-state index contributed by atoms with van der Waals surface area (Å²) in [6, 6.07) is -1.78. The number of carbonyl (C=O) groups excluding carboxylic acids is 2. The lowest BCUT2D eigenvalue weighted by Crippen LogP contribution is -2.48. The van der Waals surface area contributed by atoms with E-state index in [0.29, 0.717) is 0 Å². The van der Waals surface area contributed by atoms with Crippen molar-refractivity contribution in [3.63, 3.8) is 0 Å². The zero-order valence-corrected chi connectivity index (χ0v) is 9.92. The fourth-order valence-electron chi connectivity index (χ4n) is 1.57. The van der Waals surface area contributed by atoms with Crippen LogP contribution in [0, 0.1) is 5.92 Å². The van der Waals surface area contributed by atoms with Gasteiger partial charge in [0.1, 0.15) is 6.04 Å². The molecule has 1 heterocycles. The molecule has 0 bridgehead atoms. The van der Waals surface area contributed by atoms with Crippen LogP contribution >= 0.6 is 0 Å². The van der Waals surface area contributed by atoms with E-state index in [-0.39, 0.29) is 13.2 Å². The summed E-state index contributed by atoms with van der Waals surface area (Å²) in [7, 11) is 1.14. The molecule has 8 heteroatoms. The topological polar surface area (TPSA) is 128 Å². The lowest BCUT2D eigenvalue weighted by atomic mass is 10.0. The van der Waals surface area contributed by atoms with E-state index < -0.39 is 42.3 Å². The molecule has 0 radical (unpaired) electrons. The van der Waals surface area contributed by atoms with Gasteiger partial charge >= 0.3 is 11.9 Å². The van der Waals surface area contributed by atoms with Gasteiger partial charge in [-0.05, 0) is 0 Å². The molecule has 4 N–H and O–H groups in total. The van der Waals surface area contributed by atoms with Crippen molar-refractivity contribution >= 4 is 17.8 Å². The van der Waals surface area contributed by atoms with Gasteiger partial charge in [0.15, 0.2) is 0 Å². The van der Waals surface area contributed by atoms with Crippen molar-refractivity contribution in [2.45, 2.75) is 18.5 Å². The quantitative estimate of drug-likeness (QED) is 0.492. The second-order valence-corrected chi connectivity index (χ2v) is 3.99. The minimum absolute atomic E-state index is 0.150. The fourth-order valence-corrected chi connectivity index (χ4v) is 1.57. The van der Waals surface area contributed by atoms with Crippen LogP contribution in [-0.2, 0) is 23.9 Å². The first-order valence-corrected chi connectivity index (χ1v) is 5.39. The molecule has 0 spiro atoms. The Morgan fingerprint density at radius 3 is 2.61 bits per heavy atom. The van der Waals surface area contributed by atoms with Crippen LogP contribution in [-0.4, -0.2) is 55.4 Å². The maximum absolute atomic E-state index is 11.8. The summed E-state index contributed by atoms with van der Waals surface area (Å²) in [4.78, 5) is 33.7. The summed E-state index contributed by atoms with van der Waals surface area (Å²) in [6.07, 6.45) is -0.430. The van der Waals surface area contributed by atoms with Gasteiger partial charge in [-0.3, -0.25) is 9.59 Å². The number of esters is 1. The molecular weight excluding hydrogens is 244 g/mol. The van der Waals surface area contributed by atoms with Crippen molar-refractivity contribution in [1.82, 2.24) is 5.32 Å². The van der Waals surface area contributed by atoms with Gasteiger partial charge in [0.05, 0.1) is 32.7 Å². The maximum Gasteiger partial charge on any atom is 0.326 e. The minimum atomic E-state index is -1.32. The zero-order chi connectivity index (χ0) is 13.7. The second-order valence-electron chi connectivity index (χ2n) is 3.99. The van der Waals surface area contributed by atoms with Crippen molar-refractivity contribution in [2.24, 2.45) is 11.7 Å². The van der Waals surface area contributed by atoms with Crippen LogP contribution < -0.4 is 11.1 Å². The van der Waals surface area contributed by atoms with E-state index in [0.717, 1.165) is 7.11 Å². The van der Waals surface area contributed by atoms with Crippen LogP contribution in [0.15, 0.2) is 0 Å². The minimum Gasteiger partial charge on any atom is -0.480 e. The first-order chi connectivity index (χ1) is 8.45. The molecule has 18 heavy (non-hydrogen) atoms. The molecule has 1 saturated heterocycles. The number of rotatable bonds is 5. The van der Waals surface area contributed by atoms with Gasteiger partial charge in [0.25, 0.3) is 0 Å². The van der Waals surface area contributed by atoms with Gasteiger partial charge in [0, 0.05) is 6.04 Å². The molecule has 2 unspecified atom stereocenters. The Balaban J connectivity index is 2.57. The van der Waals surface area contributed by atoms with Crippen LogP contribution in [0.3, 0.4) is 0 Å². The van der Waals surface area contributed by atoms with Crippen LogP contribution in [0.4, 0.5) is 0 Å². The lowest BCUT2D eigenvalue weighted by molar-refractivity contribution is -0.149. The molecule has 1 fully saturated rings. The Bertz CT molecular complexity index is 345. The van der Waals surface area contributed by atoms with Crippen molar-refractivity contribution < 1.29 is 29.0 Å². The number of amides is 1. The third-order valence-corrected chi connectivity index (χ3v) is 2.67. The van der Waals surface area contributed by atoms with Crippen LogP contribution in [0.25, 0.3) is 0 Å². The van der Waals surface area contributed by atoms with Gasteiger partial charge < -0.3 is 25.6 Å². The molecule has 1 amide bonds. The third-order valence-electron chi connectivity index (χ3n) is 2.67. The molecule has 0 aromatic rings. The molecule has 1 rings (SSSR count). The number of hydrogen-bond acceptors (Lipinski definition) is 6. The Kier molecular flexibility index (Phi) is 5.05. The predicted octanol–water partition coefficient (Wildman–Crippen LogP) is -1.91. The number of nitrogens with two attached hydrogens (primary N) is 1. The molecule has 1 aliphatic rings. The number of carboxylic acid groups (broad SMARTS) is 1. The summed E-state index contributed by atoms with van der Waals surface area (Å²) < 4.78 is 9.37. The standard InChI is InChI=1S/C10H16N2O6/c1-17-8(13)2-7(10(15)16)12-9(14)5-3-18-4-6(5)11/h5-7H,2-4,11H2,1H3,(H,12,14)(H,15,16)/t5?,6?,7-/m0/s1. The molecule has 0 aromatic heterocycles. The average molecular weight is 260 g/mol. The van der Waals surface area contributed by atoms with Crippen LogP contribution in [0.5, 0.6) is 0 Å². The monoisotopic (exact) mass is 260 g/mol. The molecular formula is C10H16N2O6. The fraction of sp³-hybridized carbons (Fsp3) is 0.700. The first-order valence-electron chi connectivity index (χ1n) is 5.39. The third kappa shape index (κ3) is 3.67. The van der Waals surface area contributed by atoms with E-state index >= 15 is 0 Å². The SMILES string of the molecule is COC(=O)C[C@H](NC(=O)C1COCC1N)C(=O)O. The van der Waals surface area contributed by atoms with Crippen molar-refractivity contribution in [1.29, 1.82) is 0 Å². The average Bonchev–Trinajstić information content (AvgIpc) is 2.74. The van der Waals surface area contributed by atoms with E-state index in [1.54, 1.807) is 0 Å². The maximum atomic E-state index is 11.8. The van der Waals surface area contributed by atoms with Crippen LogP contribution in [0.2, 0.25) is 0 Å². The number of hydrogen-bond donors (Lipinski definition) is 3. The molecule has 1 aliphatic heterocycles. The number of methoxy groups -OCH3 is 1. The molecule has 0 aliphatic carbocycles. The lowest BCUT2D eigenvalue weighted by Gasteiger charge is -2.17. The summed E-state index contributed by atoms with van der Waals surface area (Å²) in [5, 5.41) is 11.1. The number of nitrogens with one attached hydrogen (secondary N) is 1. The van der Waals surface area contributed by atoms with E-state index in [1.807, 2.05) is 0 Å². The predicted molar refractivity (Wildman–Crippen MR) is 58.5 cm³/mol. The summed E-state index contributed by atoms with van der Waals surface area (Å²) in [5.74, 6) is -3.14. The van der Waals surface area contributed by atoms with E-state index in [2.05, 4.69) is 10.1 Å². The molecule has 0 aromatic carbocycles. The second kappa shape index (κ2) is 6.31.